The van der Waals surface area contributed by atoms with Gasteiger partial charge in [0.1, 0.15) is 0 Å². The maximum absolute atomic E-state index is 12.2. The van der Waals surface area contributed by atoms with E-state index in [1.165, 1.54) is 0 Å². The number of rotatable bonds is 6. The Kier molecular flexibility index (Phi) is 4.83. The second-order valence-corrected chi connectivity index (χ2v) is 5.63. The van der Waals surface area contributed by atoms with Gasteiger partial charge in [-0.3, -0.25) is 9.48 Å². The molecule has 0 atom stereocenters. The standard InChI is InChI=1S/C18H21N5O2/c1-4-22-14(3)18(13(2)20-22)19-16(24)12-25-17-10-11-23(21-17)15-8-6-5-7-9-15/h5-11H,4,12H2,1-3H3,(H,19,24). The van der Waals surface area contributed by atoms with Crippen molar-refractivity contribution in [2.45, 2.75) is 27.3 Å². The first kappa shape index (κ1) is 16.8. The molecule has 7 nitrogen and oxygen atoms in total. The van der Waals surface area contributed by atoms with E-state index in [-0.39, 0.29) is 12.5 Å². The van der Waals surface area contributed by atoms with Crippen molar-refractivity contribution in [3.05, 3.63) is 54.0 Å². The maximum atomic E-state index is 12.2. The Hall–Kier alpha value is -3.09. The van der Waals surface area contributed by atoms with E-state index in [4.69, 9.17) is 4.74 Å². The van der Waals surface area contributed by atoms with Gasteiger partial charge in [-0.1, -0.05) is 18.2 Å². The molecule has 1 amide bonds. The van der Waals surface area contributed by atoms with E-state index in [1.807, 2.05) is 55.8 Å². The van der Waals surface area contributed by atoms with Crippen molar-refractivity contribution in [1.82, 2.24) is 19.6 Å². The zero-order valence-electron chi connectivity index (χ0n) is 14.6. The van der Waals surface area contributed by atoms with Crippen LogP contribution in [0.2, 0.25) is 0 Å². The van der Waals surface area contributed by atoms with Gasteiger partial charge in [0.25, 0.3) is 5.91 Å². The van der Waals surface area contributed by atoms with Gasteiger partial charge in [0.05, 0.1) is 22.8 Å². The van der Waals surface area contributed by atoms with Crippen LogP contribution in [0.5, 0.6) is 5.88 Å². The molecule has 3 aromatic rings. The van der Waals surface area contributed by atoms with E-state index in [1.54, 1.807) is 16.9 Å². The first-order chi connectivity index (χ1) is 12.1. The van der Waals surface area contributed by atoms with Crippen LogP contribution in [-0.2, 0) is 11.3 Å². The fourth-order valence-electron chi connectivity index (χ4n) is 2.61. The fraction of sp³-hybridized carbons (Fsp3) is 0.278. The van der Waals surface area contributed by atoms with Crippen LogP contribution in [0.1, 0.15) is 18.3 Å². The summed E-state index contributed by atoms with van der Waals surface area (Å²) in [6.45, 7) is 6.47. The molecule has 25 heavy (non-hydrogen) atoms. The Morgan fingerprint density at radius 3 is 2.60 bits per heavy atom. The minimum Gasteiger partial charge on any atom is -0.466 e. The minimum atomic E-state index is -0.240. The number of benzene rings is 1. The van der Waals surface area contributed by atoms with E-state index >= 15 is 0 Å². The average molecular weight is 339 g/mol. The third-order valence-electron chi connectivity index (χ3n) is 3.88. The Balaban J connectivity index is 1.60. The van der Waals surface area contributed by atoms with Crippen LogP contribution in [0, 0.1) is 13.8 Å². The number of nitrogens with zero attached hydrogens (tertiary/aromatic N) is 4. The second-order valence-electron chi connectivity index (χ2n) is 5.63. The van der Waals surface area contributed by atoms with Crippen molar-refractivity contribution in [2.75, 3.05) is 11.9 Å². The van der Waals surface area contributed by atoms with Crippen LogP contribution < -0.4 is 10.1 Å². The lowest BCUT2D eigenvalue weighted by Crippen LogP contribution is -2.21. The lowest BCUT2D eigenvalue weighted by molar-refractivity contribution is -0.118. The predicted octanol–water partition coefficient (Wildman–Crippen LogP) is 2.72. The maximum Gasteiger partial charge on any atom is 0.262 e. The summed E-state index contributed by atoms with van der Waals surface area (Å²) in [6, 6.07) is 11.4. The summed E-state index contributed by atoms with van der Waals surface area (Å²) in [4.78, 5) is 12.2. The monoisotopic (exact) mass is 339 g/mol. The summed E-state index contributed by atoms with van der Waals surface area (Å²) in [5, 5.41) is 11.6. The van der Waals surface area contributed by atoms with Gasteiger partial charge in [0.2, 0.25) is 5.88 Å². The lowest BCUT2D eigenvalue weighted by Gasteiger charge is -2.06. The molecular formula is C18H21N5O2. The van der Waals surface area contributed by atoms with Crippen molar-refractivity contribution in [2.24, 2.45) is 0 Å². The molecule has 3 rings (SSSR count). The number of anilines is 1. The number of hydrogen-bond acceptors (Lipinski definition) is 4. The van der Waals surface area contributed by atoms with Crippen LogP contribution in [0.3, 0.4) is 0 Å². The number of amides is 1. The summed E-state index contributed by atoms with van der Waals surface area (Å²) >= 11 is 0. The molecule has 0 saturated carbocycles. The third-order valence-corrected chi connectivity index (χ3v) is 3.88. The summed E-state index contributed by atoms with van der Waals surface area (Å²) in [5.41, 5.74) is 3.40. The summed E-state index contributed by atoms with van der Waals surface area (Å²) < 4.78 is 9.04. The zero-order valence-corrected chi connectivity index (χ0v) is 14.6. The smallest absolute Gasteiger partial charge is 0.262 e. The summed E-state index contributed by atoms with van der Waals surface area (Å²) in [6.07, 6.45) is 1.79. The number of aromatic nitrogens is 4. The molecule has 0 spiro atoms. The molecule has 1 N–H and O–H groups in total. The largest absolute Gasteiger partial charge is 0.466 e. The Morgan fingerprint density at radius 2 is 1.92 bits per heavy atom. The Morgan fingerprint density at radius 1 is 1.16 bits per heavy atom. The first-order valence-corrected chi connectivity index (χ1v) is 8.16. The van der Waals surface area contributed by atoms with Crippen molar-refractivity contribution in [1.29, 1.82) is 0 Å². The molecule has 0 aliphatic carbocycles. The van der Waals surface area contributed by atoms with Crippen LogP contribution in [-0.4, -0.2) is 32.1 Å². The molecule has 0 radical (unpaired) electrons. The average Bonchev–Trinajstić information content (AvgIpc) is 3.21. The lowest BCUT2D eigenvalue weighted by atomic mass is 10.3. The normalized spacial score (nSPS) is 10.7. The van der Waals surface area contributed by atoms with Crippen molar-refractivity contribution in [3.63, 3.8) is 0 Å². The number of para-hydroxylation sites is 1. The van der Waals surface area contributed by atoms with Crippen molar-refractivity contribution < 1.29 is 9.53 Å². The molecule has 1 aromatic carbocycles. The quantitative estimate of drug-likeness (QED) is 0.749. The Bertz CT molecular complexity index is 867. The molecule has 0 aliphatic heterocycles. The van der Waals surface area contributed by atoms with Crippen LogP contribution in [0.4, 0.5) is 5.69 Å². The molecule has 0 unspecified atom stereocenters. The first-order valence-electron chi connectivity index (χ1n) is 8.16. The molecule has 0 aliphatic rings. The molecule has 0 saturated heterocycles. The SMILES string of the molecule is CCn1nc(C)c(NC(=O)COc2ccn(-c3ccccc3)n2)c1C. The van der Waals surface area contributed by atoms with Gasteiger partial charge in [0.15, 0.2) is 6.61 Å². The number of aryl methyl sites for hydroxylation is 2. The van der Waals surface area contributed by atoms with Gasteiger partial charge in [-0.2, -0.15) is 5.10 Å². The number of hydrogen-bond donors (Lipinski definition) is 1. The second kappa shape index (κ2) is 7.21. The van der Waals surface area contributed by atoms with E-state index in [0.29, 0.717) is 5.88 Å². The minimum absolute atomic E-state index is 0.109. The molecule has 0 fully saturated rings. The van der Waals surface area contributed by atoms with Gasteiger partial charge >= 0.3 is 0 Å². The number of carbonyl (C=O) groups is 1. The van der Waals surface area contributed by atoms with E-state index in [9.17, 15) is 4.79 Å². The third kappa shape index (κ3) is 3.71. The molecular weight excluding hydrogens is 318 g/mol. The highest BCUT2D eigenvalue weighted by molar-refractivity contribution is 5.93. The molecule has 2 aromatic heterocycles. The van der Waals surface area contributed by atoms with Crippen LogP contribution >= 0.6 is 0 Å². The van der Waals surface area contributed by atoms with E-state index < -0.39 is 0 Å². The number of ether oxygens (including phenoxy) is 1. The topological polar surface area (TPSA) is 74.0 Å². The Labute approximate surface area is 146 Å². The van der Waals surface area contributed by atoms with Crippen LogP contribution in [0.15, 0.2) is 42.6 Å². The molecule has 7 heteroatoms. The van der Waals surface area contributed by atoms with Gasteiger partial charge in [0, 0.05) is 18.8 Å². The van der Waals surface area contributed by atoms with Gasteiger partial charge in [-0.25, -0.2) is 4.68 Å². The predicted molar refractivity (Wildman–Crippen MR) is 95.1 cm³/mol. The van der Waals surface area contributed by atoms with Gasteiger partial charge < -0.3 is 10.1 Å². The summed E-state index contributed by atoms with van der Waals surface area (Å²) in [7, 11) is 0. The van der Waals surface area contributed by atoms with Crippen molar-refractivity contribution in [3.8, 4) is 11.6 Å². The number of nitrogens with one attached hydrogen (secondary N) is 1. The van der Waals surface area contributed by atoms with E-state index in [0.717, 1.165) is 29.3 Å². The zero-order chi connectivity index (χ0) is 17.8. The van der Waals surface area contributed by atoms with E-state index in [2.05, 4.69) is 15.5 Å². The van der Waals surface area contributed by atoms with Crippen LogP contribution in [0.25, 0.3) is 5.69 Å². The highest BCUT2D eigenvalue weighted by Gasteiger charge is 2.14. The number of carbonyl (C=O) groups excluding carboxylic acids is 1. The highest BCUT2D eigenvalue weighted by Crippen LogP contribution is 2.19. The van der Waals surface area contributed by atoms with Gasteiger partial charge in [-0.15, -0.1) is 5.10 Å². The molecule has 2 heterocycles. The molecule has 130 valence electrons. The molecule has 0 bridgehead atoms. The van der Waals surface area contributed by atoms with Gasteiger partial charge in [-0.05, 0) is 32.9 Å². The highest BCUT2D eigenvalue weighted by atomic mass is 16.5. The van der Waals surface area contributed by atoms with Crippen molar-refractivity contribution >= 4 is 11.6 Å². The fourth-order valence-corrected chi connectivity index (χ4v) is 2.61. The summed E-state index contributed by atoms with van der Waals surface area (Å²) in [5.74, 6) is 0.160.